The van der Waals surface area contributed by atoms with E-state index in [-0.39, 0.29) is 18.4 Å². The van der Waals surface area contributed by atoms with Crippen LogP contribution in [0.4, 0.5) is 0 Å². The van der Waals surface area contributed by atoms with Gasteiger partial charge in [-0.3, -0.25) is 4.79 Å². The largest absolute Gasteiger partial charge is 0.374 e. The first-order chi connectivity index (χ1) is 7.31. The molecule has 3 nitrogen and oxygen atoms in total. The first kappa shape index (κ1) is 11.1. The summed E-state index contributed by atoms with van der Waals surface area (Å²) in [5.41, 5.74) is 0. The molecule has 1 aliphatic carbocycles. The number of Topliss-reactive ketones (excluding diaryl/α,β-unsaturated/α-hetero) is 1. The number of hydrogen-bond donors (Lipinski definition) is 1. The van der Waals surface area contributed by atoms with Crippen molar-refractivity contribution in [2.75, 3.05) is 13.2 Å². The highest BCUT2D eigenvalue weighted by molar-refractivity contribution is 5.85. The average Bonchev–Trinajstić information content (AvgIpc) is 2.69. The van der Waals surface area contributed by atoms with E-state index in [1.165, 1.54) is 25.7 Å². The van der Waals surface area contributed by atoms with Crippen molar-refractivity contribution in [3.05, 3.63) is 0 Å². The molecule has 0 bridgehead atoms. The van der Waals surface area contributed by atoms with Crippen LogP contribution in [0.5, 0.6) is 0 Å². The second kappa shape index (κ2) is 5.08. The summed E-state index contributed by atoms with van der Waals surface area (Å²) >= 11 is 0. The number of fused-ring (bicyclic) bond motifs is 1. The molecule has 0 aromatic carbocycles. The van der Waals surface area contributed by atoms with Crippen molar-refractivity contribution in [3.8, 4) is 0 Å². The number of rotatable bonds is 4. The van der Waals surface area contributed by atoms with Gasteiger partial charge in [0.25, 0.3) is 0 Å². The van der Waals surface area contributed by atoms with E-state index in [1.54, 1.807) is 0 Å². The third-order valence-corrected chi connectivity index (χ3v) is 3.70. The zero-order valence-corrected chi connectivity index (χ0v) is 9.50. The van der Waals surface area contributed by atoms with Crippen LogP contribution in [-0.2, 0) is 9.53 Å². The molecule has 3 heteroatoms. The number of ketones is 1. The Bertz CT molecular complexity index is 216. The lowest BCUT2D eigenvalue weighted by atomic mass is 9.85. The summed E-state index contributed by atoms with van der Waals surface area (Å²) in [4.78, 5) is 11.8. The topological polar surface area (TPSA) is 38.3 Å². The predicted molar refractivity (Wildman–Crippen MR) is 58.8 cm³/mol. The lowest BCUT2D eigenvalue weighted by Crippen LogP contribution is -2.38. The van der Waals surface area contributed by atoms with E-state index < -0.39 is 0 Å². The van der Waals surface area contributed by atoms with E-state index in [0.29, 0.717) is 12.6 Å². The van der Waals surface area contributed by atoms with Crippen molar-refractivity contribution >= 4 is 5.78 Å². The molecular formula is C12H21NO2. The zero-order chi connectivity index (χ0) is 10.7. The zero-order valence-electron chi connectivity index (χ0n) is 9.50. The number of ether oxygens (including phenoxy) is 1. The smallest absolute Gasteiger partial charge is 0.175 e. The van der Waals surface area contributed by atoms with Crippen LogP contribution in [0.25, 0.3) is 0 Å². The molecule has 1 saturated carbocycles. The second-order valence-corrected chi connectivity index (χ2v) is 4.71. The van der Waals surface area contributed by atoms with Crippen LogP contribution in [0.2, 0.25) is 0 Å². The molecule has 0 aromatic heterocycles. The fraction of sp³-hybridized carbons (Fsp3) is 0.917. The fourth-order valence-electron chi connectivity index (χ4n) is 2.87. The quantitative estimate of drug-likeness (QED) is 0.766. The lowest BCUT2D eigenvalue weighted by Gasteiger charge is -2.24. The fourth-order valence-corrected chi connectivity index (χ4v) is 2.87. The average molecular weight is 211 g/mol. The van der Waals surface area contributed by atoms with Gasteiger partial charge < -0.3 is 10.1 Å². The van der Waals surface area contributed by atoms with Crippen LogP contribution in [-0.4, -0.2) is 31.1 Å². The van der Waals surface area contributed by atoms with Gasteiger partial charge >= 0.3 is 0 Å². The van der Waals surface area contributed by atoms with E-state index in [1.807, 2.05) is 6.92 Å². The molecule has 3 unspecified atom stereocenters. The van der Waals surface area contributed by atoms with Crippen LogP contribution >= 0.6 is 0 Å². The minimum absolute atomic E-state index is 0.0737. The Labute approximate surface area is 91.6 Å². The van der Waals surface area contributed by atoms with Gasteiger partial charge in [-0.15, -0.1) is 0 Å². The van der Waals surface area contributed by atoms with Crippen molar-refractivity contribution in [2.24, 2.45) is 5.92 Å². The molecule has 15 heavy (non-hydrogen) atoms. The number of hydrogen-bond acceptors (Lipinski definition) is 3. The maximum Gasteiger partial charge on any atom is 0.175 e. The van der Waals surface area contributed by atoms with Crippen molar-refractivity contribution < 1.29 is 9.53 Å². The van der Waals surface area contributed by atoms with Crippen molar-refractivity contribution in [2.45, 2.75) is 51.1 Å². The van der Waals surface area contributed by atoms with E-state index in [0.717, 1.165) is 12.3 Å². The Morgan fingerprint density at radius 3 is 2.93 bits per heavy atom. The Kier molecular flexibility index (Phi) is 3.76. The highest BCUT2D eigenvalue weighted by Gasteiger charge is 2.37. The van der Waals surface area contributed by atoms with Crippen molar-refractivity contribution in [3.63, 3.8) is 0 Å². The monoisotopic (exact) mass is 211 g/mol. The first-order valence-corrected chi connectivity index (χ1v) is 6.17. The molecule has 2 aliphatic rings. The molecule has 2 rings (SSSR count). The molecule has 1 N–H and O–H groups in total. The summed E-state index contributed by atoms with van der Waals surface area (Å²) in [7, 11) is 0. The Morgan fingerprint density at radius 2 is 2.20 bits per heavy atom. The number of carbonyl (C=O) groups excluding carboxylic acids is 1. The van der Waals surface area contributed by atoms with Gasteiger partial charge in [0, 0.05) is 12.6 Å². The maximum absolute atomic E-state index is 11.8. The molecular weight excluding hydrogens is 190 g/mol. The molecule has 0 aromatic rings. The Morgan fingerprint density at radius 1 is 1.40 bits per heavy atom. The summed E-state index contributed by atoms with van der Waals surface area (Å²) < 4.78 is 5.17. The summed E-state index contributed by atoms with van der Waals surface area (Å²) in [6.45, 7) is 2.84. The molecule has 2 fully saturated rings. The normalized spacial score (nSPS) is 35.1. The Hall–Kier alpha value is -0.410. The predicted octanol–water partition coefficient (Wildman–Crippen LogP) is 1.51. The molecule has 0 radical (unpaired) electrons. The molecule has 3 atom stereocenters. The SMILES string of the molecule is CCOCC(=O)C1CC2CCCCC2N1. The van der Waals surface area contributed by atoms with E-state index in [9.17, 15) is 4.79 Å². The molecule has 86 valence electrons. The Balaban J connectivity index is 1.82. The van der Waals surface area contributed by atoms with Gasteiger partial charge in [-0.25, -0.2) is 0 Å². The number of carbonyl (C=O) groups is 1. The highest BCUT2D eigenvalue weighted by atomic mass is 16.5. The van der Waals surface area contributed by atoms with Crippen molar-refractivity contribution in [1.82, 2.24) is 5.32 Å². The summed E-state index contributed by atoms with van der Waals surface area (Å²) in [5.74, 6) is 0.987. The molecule has 1 saturated heterocycles. The molecule has 0 spiro atoms. The first-order valence-electron chi connectivity index (χ1n) is 6.17. The third-order valence-electron chi connectivity index (χ3n) is 3.70. The van der Waals surface area contributed by atoms with Gasteiger partial charge in [-0.2, -0.15) is 0 Å². The minimum Gasteiger partial charge on any atom is -0.374 e. The standard InChI is InChI=1S/C12H21NO2/c1-2-15-8-12(14)11-7-9-5-3-4-6-10(9)13-11/h9-11,13H,2-8H2,1H3. The molecule has 0 amide bonds. The van der Waals surface area contributed by atoms with Gasteiger partial charge in [0.05, 0.1) is 6.04 Å². The second-order valence-electron chi connectivity index (χ2n) is 4.71. The minimum atomic E-state index is 0.0737. The lowest BCUT2D eigenvalue weighted by molar-refractivity contribution is -0.125. The van der Waals surface area contributed by atoms with Gasteiger partial charge in [0.1, 0.15) is 6.61 Å². The van der Waals surface area contributed by atoms with Gasteiger partial charge in [0.15, 0.2) is 5.78 Å². The van der Waals surface area contributed by atoms with Crippen LogP contribution < -0.4 is 5.32 Å². The highest BCUT2D eigenvalue weighted by Crippen LogP contribution is 2.33. The van der Waals surface area contributed by atoms with Gasteiger partial charge in [-0.05, 0) is 32.1 Å². The van der Waals surface area contributed by atoms with Crippen LogP contribution in [0, 0.1) is 5.92 Å². The third kappa shape index (κ3) is 2.58. The van der Waals surface area contributed by atoms with E-state index in [2.05, 4.69) is 5.32 Å². The van der Waals surface area contributed by atoms with Gasteiger partial charge in [-0.1, -0.05) is 12.8 Å². The molecule has 1 aliphatic heterocycles. The van der Waals surface area contributed by atoms with E-state index >= 15 is 0 Å². The summed E-state index contributed by atoms with van der Waals surface area (Å²) in [6, 6.07) is 0.680. The maximum atomic E-state index is 11.8. The molecule has 1 heterocycles. The van der Waals surface area contributed by atoms with Crippen LogP contribution in [0.1, 0.15) is 39.0 Å². The summed E-state index contributed by atoms with van der Waals surface area (Å²) in [5, 5.41) is 3.47. The van der Waals surface area contributed by atoms with Crippen molar-refractivity contribution in [1.29, 1.82) is 0 Å². The van der Waals surface area contributed by atoms with Gasteiger partial charge in [0.2, 0.25) is 0 Å². The van der Waals surface area contributed by atoms with Crippen LogP contribution in [0.15, 0.2) is 0 Å². The number of nitrogens with one attached hydrogen (secondary N) is 1. The van der Waals surface area contributed by atoms with E-state index in [4.69, 9.17) is 4.74 Å². The van der Waals surface area contributed by atoms with Crippen LogP contribution in [0.3, 0.4) is 0 Å². The summed E-state index contributed by atoms with van der Waals surface area (Å²) in [6.07, 6.45) is 6.26.